The maximum absolute atomic E-state index is 13.3. The Morgan fingerprint density at radius 1 is 1.53 bits per heavy atom. The van der Waals surface area contributed by atoms with E-state index in [0.717, 1.165) is 0 Å². The Balaban J connectivity index is 2.63. The molecule has 1 aliphatic heterocycles. The Hall–Kier alpha value is -1.10. The van der Waals surface area contributed by atoms with Gasteiger partial charge in [-0.05, 0) is 18.6 Å². The highest BCUT2D eigenvalue weighted by Gasteiger charge is 2.33. The molecular weight excluding hydrogens is 217 g/mol. The van der Waals surface area contributed by atoms with E-state index in [0.29, 0.717) is 6.42 Å². The van der Waals surface area contributed by atoms with Gasteiger partial charge in [-0.25, -0.2) is 12.8 Å². The monoisotopic (exact) mass is 229 g/mol. The summed E-state index contributed by atoms with van der Waals surface area (Å²) in [6.07, 6.45) is 0.533. The van der Waals surface area contributed by atoms with Gasteiger partial charge in [-0.1, -0.05) is 13.0 Å². The molecule has 1 atom stereocenters. The van der Waals surface area contributed by atoms with Gasteiger partial charge < -0.3 is 5.32 Å². The van der Waals surface area contributed by atoms with E-state index in [4.69, 9.17) is 0 Å². The van der Waals surface area contributed by atoms with Crippen molar-refractivity contribution in [1.29, 1.82) is 0 Å². The summed E-state index contributed by atoms with van der Waals surface area (Å²) < 4.78 is 37.3. The molecule has 3 nitrogen and oxygen atoms in total. The smallest absolute Gasteiger partial charge is 0.185 e. The van der Waals surface area contributed by atoms with E-state index in [2.05, 4.69) is 5.32 Å². The predicted molar refractivity (Wildman–Crippen MR) is 56.2 cm³/mol. The first-order valence-electron chi connectivity index (χ1n) is 4.83. The van der Waals surface area contributed by atoms with Crippen LogP contribution >= 0.6 is 0 Å². The molecule has 1 aromatic rings. The molecule has 15 heavy (non-hydrogen) atoms. The van der Waals surface area contributed by atoms with Gasteiger partial charge in [-0.3, -0.25) is 0 Å². The lowest BCUT2D eigenvalue weighted by atomic mass is 10.2. The predicted octanol–water partition coefficient (Wildman–Crippen LogP) is 1.80. The van der Waals surface area contributed by atoms with E-state index in [-0.39, 0.29) is 17.1 Å². The standard InChI is InChI=1S/C10H12FNO2S/c1-2-7-6-12-10-8(11)4-3-5-9(10)15(7,13)14/h3-5,7,12H,2,6H2,1H3. The van der Waals surface area contributed by atoms with Gasteiger partial charge in [0.05, 0.1) is 15.8 Å². The SMILES string of the molecule is CCC1CNc2c(F)cccc2S1(=O)=O. The molecule has 0 saturated heterocycles. The zero-order valence-electron chi connectivity index (χ0n) is 8.33. The Morgan fingerprint density at radius 2 is 2.27 bits per heavy atom. The average molecular weight is 229 g/mol. The van der Waals surface area contributed by atoms with Crippen molar-refractivity contribution in [3.05, 3.63) is 24.0 Å². The van der Waals surface area contributed by atoms with Crippen molar-refractivity contribution in [2.24, 2.45) is 0 Å². The maximum Gasteiger partial charge on any atom is 0.185 e. The molecular formula is C10H12FNO2S. The largest absolute Gasteiger partial charge is 0.380 e. The van der Waals surface area contributed by atoms with Crippen molar-refractivity contribution >= 4 is 15.5 Å². The lowest BCUT2D eigenvalue weighted by Gasteiger charge is -2.25. The fourth-order valence-electron chi connectivity index (χ4n) is 1.78. The zero-order valence-corrected chi connectivity index (χ0v) is 9.14. The molecule has 1 heterocycles. The van der Waals surface area contributed by atoms with Crippen molar-refractivity contribution in [2.75, 3.05) is 11.9 Å². The highest BCUT2D eigenvalue weighted by atomic mass is 32.2. The second-order valence-electron chi connectivity index (χ2n) is 3.57. The topological polar surface area (TPSA) is 46.2 Å². The molecule has 0 amide bonds. The number of hydrogen-bond donors (Lipinski definition) is 1. The summed E-state index contributed by atoms with van der Waals surface area (Å²) >= 11 is 0. The Kier molecular flexibility index (Phi) is 2.42. The minimum Gasteiger partial charge on any atom is -0.380 e. The van der Waals surface area contributed by atoms with Gasteiger partial charge in [-0.15, -0.1) is 0 Å². The summed E-state index contributed by atoms with van der Waals surface area (Å²) in [6, 6.07) is 4.13. The molecule has 0 aromatic heterocycles. The summed E-state index contributed by atoms with van der Waals surface area (Å²) in [5.41, 5.74) is 0.113. The molecule has 0 bridgehead atoms. The number of benzene rings is 1. The average Bonchev–Trinajstić information content (AvgIpc) is 2.19. The van der Waals surface area contributed by atoms with Crippen LogP contribution in [0.15, 0.2) is 23.1 Å². The first kappa shape index (κ1) is 10.4. The van der Waals surface area contributed by atoms with Crippen LogP contribution in [0.4, 0.5) is 10.1 Å². The van der Waals surface area contributed by atoms with Gasteiger partial charge in [0.25, 0.3) is 0 Å². The number of sulfone groups is 1. The Labute approximate surface area is 88.2 Å². The minimum absolute atomic E-state index is 0.0839. The normalized spacial score (nSPS) is 22.9. The van der Waals surface area contributed by atoms with Gasteiger partial charge in [0.1, 0.15) is 5.82 Å². The molecule has 1 unspecified atom stereocenters. The van der Waals surface area contributed by atoms with E-state index < -0.39 is 20.9 Å². The third kappa shape index (κ3) is 1.51. The van der Waals surface area contributed by atoms with E-state index in [1.54, 1.807) is 0 Å². The second kappa shape index (κ2) is 3.48. The molecule has 5 heteroatoms. The highest BCUT2D eigenvalue weighted by Crippen LogP contribution is 2.32. The maximum atomic E-state index is 13.3. The van der Waals surface area contributed by atoms with Gasteiger partial charge in [0.2, 0.25) is 0 Å². The highest BCUT2D eigenvalue weighted by molar-refractivity contribution is 7.92. The Bertz CT molecular complexity index is 484. The van der Waals surface area contributed by atoms with Crippen molar-refractivity contribution in [1.82, 2.24) is 0 Å². The third-order valence-corrected chi connectivity index (χ3v) is 5.01. The van der Waals surface area contributed by atoms with Crippen LogP contribution in [-0.2, 0) is 9.84 Å². The van der Waals surface area contributed by atoms with Crippen LogP contribution in [0.2, 0.25) is 0 Å². The quantitative estimate of drug-likeness (QED) is 0.798. The van der Waals surface area contributed by atoms with Crippen LogP contribution in [0.1, 0.15) is 13.3 Å². The number of anilines is 1. The summed E-state index contributed by atoms with van der Waals surface area (Å²) in [5, 5.41) is 2.38. The number of para-hydroxylation sites is 1. The first-order valence-corrected chi connectivity index (χ1v) is 6.38. The molecule has 0 spiro atoms. The van der Waals surface area contributed by atoms with Gasteiger partial charge >= 0.3 is 0 Å². The van der Waals surface area contributed by atoms with Crippen LogP contribution in [0.5, 0.6) is 0 Å². The lowest BCUT2D eigenvalue weighted by Crippen LogP contribution is -2.34. The minimum atomic E-state index is -3.36. The van der Waals surface area contributed by atoms with Crippen molar-refractivity contribution in [2.45, 2.75) is 23.5 Å². The van der Waals surface area contributed by atoms with E-state index in [1.807, 2.05) is 6.92 Å². The summed E-state index contributed by atoms with van der Waals surface area (Å²) in [6.45, 7) is 2.10. The molecule has 0 saturated carbocycles. The van der Waals surface area contributed by atoms with Crippen LogP contribution < -0.4 is 5.32 Å². The first-order chi connectivity index (χ1) is 7.07. The summed E-state index contributed by atoms with van der Waals surface area (Å²) in [5.74, 6) is -0.509. The van der Waals surface area contributed by atoms with E-state index >= 15 is 0 Å². The molecule has 2 rings (SSSR count). The van der Waals surface area contributed by atoms with Crippen molar-refractivity contribution < 1.29 is 12.8 Å². The number of halogens is 1. The lowest BCUT2D eigenvalue weighted by molar-refractivity contribution is 0.568. The zero-order chi connectivity index (χ0) is 11.1. The summed E-state index contributed by atoms with van der Waals surface area (Å²) in [7, 11) is -3.36. The molecule has 1 aromatic carbocycles. The van der Waals surface area contributed by atoms with Crippen LogP contribution in [0.3, 0.4) is 0 Å². The Morgan fingerprint density at radius 3 is 2.93 bits per heavy atom. The van der Waals surface area contributed by atoms with Crippen LogP contribution in [0, 0.1) is 5.82 Å². The third-order valence-electron chi connectivity index (χ3n) is 2.68. The molecule has 82 valence electrons. The molecule has 1 aliphatic rings. The van der Waals surface area contributed by atoms with E-state index in [9.17, 15) is 12.8 Å². The van der Waals surface area contributed by atoms with E-state index in [1.165, 1.54) is 18.2 Å². The van der Waals surface area contributed by atoms with Crippen molar-refractivity contribution in [3.63, 3.8) is 0 Å². The van der Waals surface area contributed by atoms with Crippen LogP contribution in [0.25, 0.3) is 0 Å². The fourth-order valence-corrected chi connectivity index (χ4v) is 3.61. The number of hydrogen-bond acceptors (Lipinski definition) is 3. The number of nitrogens with one attached hydrogen (secondary N) is 1. The molecule has 0 aliphatic carbocycles. The van der Waals surface area contributed by atoms with Crippen LogP contribution in [-0.4, -0.2) is 20.2 Å². The van der Waals surface area contributed by atoms with Gasteiger partial charge in [0.15, 0.2) is 9.84 Å². The number of rotatable bonds is 1. The van der Waals surface area contributed by atoms with Gasteiger partial charge in [-0.2, -0.15) is 0 Å². The molecule has 0 fully saturated rings. The van der Waals surface area contributed by atoms with Gasteiger partial charge in [0, 0.05) is 6.54 Å². The second-order valence-corrected chi connectivity index (χ2v) is 5.77. The summed E-state index contributed by atoms with van der Waals surface area (Å²) in [4.78, 5) is 0.0839. The molecule has 0 radical (unpaired) electrons. The number of fused-ring (bicyclic) bond motifs is 1. The fraction of sp³-hybridized carbons (Fsp3) is 0.400. The molecule has 1 N–H and O–H groups in total. The van der Waals surface area contributed by atoms with Crippen molar-refractivity contribution in [3.8, 4) is 0 Å².